The van der Waals surface area contributed by atoms with E-state index in [4.69, 9.17) is 14.5 Å². The molecule has 3 rings (SSSR count). The summed E-state index contributed by atoms with van der Waals surface area (Å²) in [7, 11) is 3.54. The van der Waals surface area contributed by atoms with Crippen molar-refractivity contribution in [3.63, 3.8) is 0 Å². The van der Waals surface area contributed by atoms with E-state index < -0.39 is 5.97 Å². The van der Waals surface area contributed by atoms with Crippen LogP contribution >= 0.6 is 0 Å². The van der Waals surface area contributed by atoms with Gasteiger partial charge in [0.1, 0.15) is 12.4 Å². The standard InChI is InChI=1S/C24H34N4O5/c1-5-6-12-27(3)24(31)32-15-21-19(14-25-28(21)4)20-10-11-22(16(2)26-20)33-18-9-7-8-17(13-18)23(29)30/h10-11,14,17-18H,5-9,12-13,15H2,1-4H3,(H,29,30)/t17?,18-/m0/s1. The molecule has 2 aromatic rings. The highest BCUT2D eigenvalue weighted by molar-refractivity contribution is 5.70. The van der Waals surface area contributed by atoms with Gasteiger partial charge in [0.25, 0.3) is 0 Å². The van der Waals surface area contributed by atoms with Gasteiger partial charge in [-0.05, 0) is 51.2 Å². The summed E-state index contributed by atoms with van der Waals surface area (Å²) in [6.07, 6.45) is 6.07. The zero-order valence-electron chi connectivity index (χ0n) is 19.9. The van der Waals surface area contributed by atoms with Crippen LogP contribution in [0, 0.1) is 12.8 Å². The zero-order valence-corrected chi connectivity index (χ0v) is 19.9. The normalized spacial score (nSPS) is 18.1. The van der Waals surface area contributed by atoms with Gasteiger partial charge in [-0.3, -0.25) is 9.48 Å². The lowest BCUT2D eigenvalue weighted by Gasteiger charge is -2.27. The first-order valence-electron chi connectivity index (χ1n) is 11.6. The number of carboxylic acids is 1. The fourth-order valence-corrected chi connectivity index (χ4v) is 4.05. The summed E-state index contributed by atoms with van der Waals surface area (Å²) >= 11 is 0. The second-order valence-electron chi connectivity index (χ2n) is 8.68. The number of nitrogens with zero attached hydrogens (tertiary/aromatic N) is 4. The number of hydrogen-bond donors (Lipinski definition) is 1. The number of carboxylic acid groups (broad SMARTS) is 1. The molecule has 2 atom stereocenters. The van der Waals surface area contributed by atoms with Crippen molar-refractivity contribution in [3.8, 4) is 17.0 Å². The summed E-state index contributed by atoms with van der Waals surface area (Å²) in [6, 6.07) is 3.72. The van der Waals surface area contributed by atoms with Gasteiger partial charge in [0.15, 0.2) is 0 Å². The molecule has 0 aliphatic heterocycles. The Hall–Kier alpha value is -3.10. The third-order valence-electron chi connectivity index (χ3n) is 6.13. The van der Waals surface area contributed by atoms with E-state index >= 15 is 0 Å². The van der Waals surface area contributed by atoms with Crippen molar-refractivity contribution >= 4 is 12.1 Å². The molecule has 1 aliphatic rings. The first-order chi connectivity index (χ1) is 15.8. The predicted octanol–water partition coefficient (Wildman–Crippen LogP) is 4.18. The van der Waals surface area contributed by atoms with Crippen LogP contribution in [-0.2, 0) is 23.2 Å². The number of aryl methyl sites for hydroxylation is 2. The van der Waals surface area contributed by atoms with Gasteiger partial charge < -0.3 is 19.5 Å². The van der Waals surface area contributed by atoms with Gasteiger partial charge in [0.2, 0.25) is 0 Å². The van der Waals surface area contributed by atoms with E-state index in [0.717, 1.165) is 42.6 Å². The number of carbonyl (C=O) groups excluding carboxylic acids is 1. The van der Waals surface area contributed by atoms with Gasteiger partial charge in [-0.15, -0.1) is 0 Å². The van der Waals surface area contributed by atoms with Crippen LogP contribution in [0.2, 0.25) is 0 Å². The number of ether oxygens (including phenoxy) is 2. The second kappa shape index (κ2) is 11.2. The van der Waals surface area contributed by atoms with Gasteiger partial charge in [-0.2, -0.15) is 5.10 Å². The third kappa shape index (κ3) is 6.24. The van der Waals surface area contributed by atoms with Crippen LogP contribution in [0.4, 0.5) is 4.79 Å². The van der Waals surface area contributed by atoms with Crippen LogP contribution in [0.3, 0.4) is 0 Å². The molecule has 9 nitrogen and oxygen atoms in total. The molecule has 9 heteroatoms. The van der Waals surface area contributed by atoms with E-state index in [-0.39, 0.29) is 24.7 Å². The molecule has 1 aliphatic carbocycles. The summed E-state index contributed by atoms with van der Waals surface area (Å²) < 4.78 is 13.3. The molecule has 1 amide bonds. The molecule has 0 saturated heterocycles. The number of aromatic nitrogens is 3. The molecule has 0 spiro atoms. The van der Waals surface area contributed by atoms with Crippen molar-refractivity contribution in [2.75, 3.05) is 13.6 Å². The Balaban J connectivity index is 1.68. The molecule has 1 N–H and O–H groups in total. The van der Waals surface area contributed by atoms with E-state index in [2.05, 4.69) is 12.0 Å². The molecular formula is C24H34N4O5. The summed E-state index contributed by atoms with van der Waals surface area (Å²) in [6.45, 7) is 4.70. The third-order valence-corrected chi connectivity index (χ3v) is 6.13. The Morgan fingerprint density at radius 1 is 1.30 bits per heavy atom. The van der Waals surface area contributed by atoms with Crippen molar-refractivity contribution in [1.82, 2.24) is 19.7 Å². The first kappa shape index (κ1) is 24.5. The molecule has 33 heavy (non-hydrogen) atoms. The van der Waals surface area contributed by atoms with Crippen molar-refractivity contribution in [3.05, 3.63) is 29.7 Å². The molecule has 180 valence electrons. The molecule has 2 aromatic heterocycles. The monoisotopic (exact) mass is 458 g/mol. The molecular weight excluding hydrogens is 424 g/mol. The lowest BCUT2D eigenvalue weighted by molar-refractivity contribution is -0.143. The van der Waals surface area contributed by atoms with E-state index in [0.29, 0.717) is 30.8 Å². The van der Waals surface area contributed by atoms with E-state index in [1.165, 1.54) is 0 Å². The van der Waals surface area contributed by atoms with Gasteiger partial charge in [0, 0.05) is 26.2 Å². The Kier molecular flexibility index (Phi) is 8.30. The maximum absolute atomic E-state index is 12.3. The van der Waals surface area contributed by atoms with Crippen molar-refractivity contribution in [1.29, 1.82) is 0 Å². The minimum Gasteiger partial charge on any atom is -0.489 e. The van der Waals surface area contributed by atoms with Crippen molar-refractivity contribution in [2.24, 2.45) is 13.0 Å². The highest BCUT2D eigenvalue weighted by Gasteiger charge is 2.28. The number of hydrogen-bond acceptors (Lipinski definition) is 6. The summed E-state index contributed by atoms with van der Waals surface area (Å²) in [5.41, 5.74) is 2.98. The van der Waals surface area contributed by atoms with Crippen LogP contribution in [0.1, 0.15) is 56.8 Å². The number of unbranched alkanes of at least 4 members (excludes halogenated alkanes) is 1. The fraction of sp³-hybridized carbons (Fsp3) is 0.583. The molecule has 1 unspecified atom stereocenters. The van der Waals surface area contributed by atoms with E-state index in [1.54, 1.807) is 29.9 Å². The summed E-state index contributed by atoms with van der Waals surface area (Å²) in [4.78, 5) is 29.9. The largest absolute Gasteiger partial charge is 0.489 e. The van der Waals surface area contributed by atoms with Crippen molar-refractivity contribution in [2.45, 2.75) is 65.1 Å². The van der Waals surface area contributed by atoms with E-state index in [1.807, 2.05) is 19.1 Å². The van der Waals surface area contributed by atoms with Crippen LogP contribution < -0.4 is 4.74 Å². The quantitative estimate of drug-likeness (QED) is 0.601. The average Bonchev–Trinajstić information content (AvgIpc) is 3.17. The number of amides is 1. The molecule has 0 bridgehead atoms. The lowest BCUT2D eigenvalue weighted by atomic mass is 9.87. The average molecular weight is 459 g/mol. The van der Waals surface area contributed by atoms with Gasteiger partial charge in [0.05, 0.1) is 35.3 Å². The Morgan fingerprint density at radius 2 is 2.09 bits per heavy atom. The Morgan fingerprint density at radius 3 is 2.79 bits per heavy atom. The number of rotatable bonds is 9. The fourth-order valence-electron chi connectivity index (χ4n) is 4.05. The van der Waals surface area contributed by atoms with Gasteiger partial charge in [-0.25, -0.2) is 9.78 Å². The molecule has 2 heterocycles. The second-order valence-corrected chi connectivity index (χ2v) is 8.68. The number of carbonyl (C=O) groups is 2. The SMILES string of the molecule is CCCCN(C)C(=O)OCc1c(-c2ccc(O[C@H]3CCCC(C(=O)O)C3)c(C)n2)cnn1C. The van der Waals surface area contributed by atoms with Crippen LogP contribution in [0.5, 0.6) is 5.75 Å². The minimum absolute atomic E-state index is 0.0960. The Bertz CT molecular complexity index is 974. The lowest BCUT2D eigenvalue weighted by Crippen LogP contribution is -2.29. The Labute approximate surface area is 194 Å². The molecule has 0 aromatic carbocycles. The van der Waals surface area contributed by atoms with Crippen LogP contribution in [0.15, 0.2) is 18.3 Å². The van der Waals surface area contributed by atoms with Gasteiger partial charge in [-0.1, -0.05) is 13.3 Å². The molecule has 1 fully saturated rings. The minimum atomic E-state index is -0.755. The maximum Gasteiger partial charge on any atom is 0.409 e. The number of aliphatic carboxylic acids is 1. The van der Waals surface area contributed by atoms with Crippen molar-refractivity contribution < 1.29 is 24.2 Å². The summed E-state index contributed by atoms with van der Waals surface area (Å²) in [5, 5.41) is 13.6. The molecule has 0 radical (unpaired) electrons. The highest BCUT2D eigenvalue weighted by atomic mass is 16.6. The highest BCUT2D eigenvalue weighted by Crippen LogP contribution is 2.31. The predicted molar refractivity (Wildman–Crippen MR) is 123 cm³/mol. The van der Waals surface area contributed by atoms with E-state index in [9.17, 15) is 14.7 Å². The number of pyridine rings is 1. The zero-order chi connectivity index (χ0) is 24.0. The van der Waals surface area contributed by atoms with Crippen LogP contribution in [-0.4, -0.2) is 56.5 Å². The maximum atomic E-state index is 12.3. The first-order valence-corrected chi connectivity index (χ1v) is 11.6. The van der Waals surface area contributed by atoms with Crippen LogP contribution in [0.25, 0.3) is 11.3 Å². The molecule has 1 saturated carbocycles. The summed E-state index contributed by atoms with van der Waals surface area (Å²) in [5.74, 6) is -0.447. The topological polar surface area (TPSA) is 107 Å². The van der Waals surface area contributed by atoms with Gasteiger partial charge >= 0.3 is 12.1 Å². The smallest absolute Gasteiger partial charge is 0.409 e.